The molecule has 0 spiro atoms. The van der Waals surface area contributed by atoms with Gasteiger partial charge in [-0.25, -0.2) is 4.39 Å². The number of nitrogens with zero attached hydrogens (tertiary/aromatic N) is 3. The van der Waals surface area contributed by atoms with Crippen LogP contribution in [0.1, 0.15) is 66.4 Å². The highest BCUT2D eigenvalue weighted by atomic mass is 19.4. The number of esters is 1. The van der Waals surface area contributed by atoms with E-state index in [4.69, 9.17) is 4.74 Å². The quantitative estimate of drug-likeness (QED) is 0.154. The van der Waals surface area contributed by atoms with Gasteiger partial charge in [-0.05, 0) is 94.0 Å². The molecule has 9 nitrogen and oxygen atoms in total. The minimum atomic E-state index is -4.55. The first-order valence-electron chi connectivity index (χ1n) is 15.7. The van der Waals surface area contributed by atoms with Gasteiger partial charge < -0.3 is 20.3 Å². The van der Waals surface area contributed by atoms with Crippen molar-refractivity contribution in [2.45, 2.75) is 70.8 Å². The molecule has 3 aromatic carbocycles. The topological polar surface area (TPSA) is 106 Å². The highest BCUT2D eigenvalue weighted by Crippen LogP contribution is 2.43. The van der Waals surface area contributed by atoms with E-state index in [0.29, 0.717) is 17.3 Å². The number of halogens is 4. The fourth-order valence-corrected chi connectivity index (χ4v) is 6.57. The van der Waals surface area contributed by atoms with E-state index >= 15 is 0 Å². The Kier molecular flexibility index (Phi) is 8.65. The Morgan fingerprint density at radius 1 is 0.938 bits per heavy atom. The fraction of sp³-hybridized carbons (Fsp3) is 0.371. The van der Waals surface area contributed by atoms with Gasteiger partial charge in [-0.2, -0.15) is 18.3 Å². The maximum Gasteiger partial charge on any atom is 0.408 e. The first-order valence-corrected chi connectivity index (χ1v) is 15.7. The molecule has 13 heteroatoms. The van der Waals surface area contributed by atoms with Crippen molar-refractivity contribution in [1.82, 2.24) is 9.78 Å². The molecule has 2 atom stereocenters. The summed E-state index contributed by atoms with van der Waals surface area (Å²) in [5.74, 6) is -2.00. The average molecular weight is 666 g/mol. The van der Waals surface area contributed by atoms with Gasteiger partial charge in [-0.1, -0.05) is 18.2 Å². The molecule has 6 rings (SSSR count). The summed E-state index contributed by atoms with van der Waals surface area (Å²) < 4.78 is 60.3. The van der Waals surface area contributed by atoms with Crippen LogP contribution < -0.4 is 15.5 Å². The Hall–Kier alpha value is -4.94. The van der Waals surface area contributed by atoms with Gasteiger partial charge in [0, 0.05) is 29.2 Å². The zero-order valence-corrected chi connectivity index (χ0v) is 26.7. The lowest BCUT2D eigenvalue weighted by molar-refractivity contribution is -0.154. The predicted molar refractivity (Wildman–Crippen MR) is 173 cm³/mol. The van der Waals surface area contributed by atoms with Crippen LogP contribution in [0, 0.1) is 11.7 Å². The van der Waals surface area contributed by atoms with Crippen molar-refractivity contribution in [2.75, 3.05) is 22.1 Å². The molecule has 2 amide bonds. The first kappa shape index (κ1) is 33.0. The molecule has 1 aromatic heterocycles. The number of nitrogens with one attached hydrogen (secondary N) is 2. The largest absolute Gasteiger partial charge is 0.460 e. The van der Waals surface area contributed by atoms with Gasteiger partial charge in [0.15, 0.2) is 5.69 Å². The molecule has 2 bridgehead atoms. The Bertz CT molecular complexity index is 1900. The molecule has 2 aliphatic rings. The molecule has 252 valence electrons. The zero-order chi connectivity index (χ0) is 34.4. The third-order valence-electron chi connectivity index (χ3n) is 8.50. The second-order valence-corrected chi connectivity index (χ2v) is 13.3. The summed E-state index contributed by atoms with van der Waals surface area (Å²) in [5, 5.41) is 9.86. The van der Waals surface area contributed by atoms with Crippen molar-refractivity contribution >= 4 is 45.7 Å². The second kappa shape index (κ2) is 12.6. The van der Waals surface area contributed by atoms with E-state index < -0.39 is 41.9 Å². The number of hydrogen-bond donors (Lipinski definition) is 2. The Labute approximate surface area is 274 Å². The smallest absolute Gasteiger partial charge is 0.408 e. The van der Waals surface area contributed by atoms with Gasteiger partial charge in [0.2, 0.25) is 0 Å². The van der Waals surface area contributed by atoms with E-state index in [1.807, 2.05) is 0 Å². The van der Waals surface area contributed by atoms with Gasteiger partial charge in [-0.3, -0.25) is 19.1 Å². The van der Waals surface area contributed by atoms with Crippen molar-refractivity contribution < 1.29 is 36.7 Å². The number of para-hydroxylation sites is 1. The van der Waals surface area contributed by atoms with Crippen LogP contribution in [-0.2, 0) is 22.5 Å². The first-order chi connectivity index (χ1) is 22.6. The van der Waals surface area contributed by atoms with Crippen molar-refractivity contribution in [3.05, 3.63) is 83.3 Å². The van der Waals surface area contributed by atoms with Crippen LogP contribution in [0.15, 0.2) is 60.7 Å². The summed E-state index contributed by atoms with van der Waals surface area (Å²) in [4.78, 5) is 42.0. The number of piperidine rings is 1. The number of amides is 2. The average Bonchev–Trinajstić information content (AvgIpc) is 3.72. The van der Waals surface area contributed by atoms with E-state index in [1.54, 1.807) is 45.0 Å². The van der Waals surface area contributed by atoms with Gasteiger partial charge in [-0.15, -0.1) is 0 Å². The minimum Gasteiger partial charge on any atom is -0.460 e. The Morgan fingerprint density at radius 2 is 1.69 bits per heavy atom. The molecule has 48 heavy (non-hydrogen) atoms. The van der Waals surface area contributed by atoms with Crippen molar-refractivity contribution in [3.8, 4) is 0 Å². The lowest BCUT2D eigenvalue weighted by Gasteiger charge is -2.31. The van der Waals surface area contributed by atoms with Gasteiger partial charge in [0.25, 0.3) is 11.8 Å². The predicted octanol–water partition coefficient (Wildman–Crippen LogP) is 7.12. The molecule has 0 radical (unpaired) electrons. The summed E-state index contributed by atoms with van der Waals surface area (Å²) in [6, 6.07) is 15.0. The highest BCUT2D eigenvalue weighted by molar-refractivity contribution is 6.13. The highest BCUT2D eigenvalue weighted by Gasteiger charge is 2.39. The summed E-state index contributed by atoms with van der Waals surface area (Å²) >= 11 is 0. The van der Waals surface area contributed by atoms with Crippen LogP contribution in [0.5, 0.6) is 0 Å². The van der Waals surface area contributed by atoms with E-state index in [0.717, 1.165) is 42.6 Å². The van der Waals surface area contributed by atoms with E-state index in [2.05, 4.69) is 20.6 Å². The van der Waals surface area contributed by atoms with Crippen LogP contribution in [0.3, 0.4) is 0 Å². The number of aromatic nitrogens is 2. The Balaban J connectivity index is 1.31. The summed E-state index contributed by atoms with van der Waals surface area (Å²) in [7, 11) is 0. The van der Waals surface area contributed by atoms with Crippen LogP contribution in [-0.4, -0.2) is 51.9 Å². The molecule has 2 N–H and O–H groups in total. The standard InChI is InChI=1S/C35H35F4N5O4/c1-34(2,3)48-30(45)17-22-15-23(36)10-12-26(22)40-32(46)21-9-13-29(43-18-20-8-11-24(43)14-20)27(16-21)41-33(47)31-25-6-4-5-7-28(25)44(42-31)19-35(37,38)39/h4-7,9-10,12-13,15-16,20,24H,8,11,14,17-19H2,1-3H3,(H,40,46)(H,41,47). The number of alkyl halides is 3. The van der Waals surface area contributed by atoms with Crippen LogP contribution >= 0.6 is 0 Å². The van der Waals surface area contributed by atoms with Gasteiger partial charge >= 0.3 is 12.1 Å². The second-order valence-electron chi connectivity index (χ2n) is 13.3. The minimum absolute atomic E-state index is 0.151. The molecule has 2 heterocycles. The molecule has 4 aromatic rings. The number of carbonyl (C=O) groups excluding carboxylic acids is 3. The fourth-order valence-electron chi connectivity index (χ4n) is 6.57. The number of carbonyl (C=O) groups is 3. The third-order valence-corrected chi connectivity index (χ3v) is 8.50. The number of hydrogen-bond acceptors (Lipinski definition) is 6. The monoisotopic (exact) mass is 665 g/mol. The van der Waals surface area contributed by atoms with Gasteiger partial charge in [0.05, 0.1) is 23.3 Å². The van der Waals surface area contributed by atoms with Crippen LogP contribution in [0.25, 0.3) is 10.9 Å². The number of benzene rings is 3. The summed E-state index contributed by atoms with van der Waals surface area (Å²) in [6.07, 6.45) is -1.73. The third kappa shape index (κ3) is 7.29. The molecule has 1 saturated carbocycles. The zero-order valence-electron chi connectivity index (χ0n) is 26.7. The lowest BCUT2D eigenvalue weighted by atomic mass is 10.1. The number of ether oxygens (including phenoxy) is 1. The summed E-state index contributed by atoms with van der Waals surface area (Å²) in [5.41, 5.74) is 0.772. The van der Waals surface area contributed by atoms with Crippen molar-refractivity contribution in [1.29, 1.82) is 0 Å². The molecule has 1 saturated heterocycles. The van der Waals surface area contributed by atoms with E-state index in [9.17, 15) is 31.9 Å². The van der Waals surface area contributed by atoms with Crippen LogP contribution in [0.2, 0.25) is 0 Å². The van der Waals surface area contributed by atoms with Crippen LogP contribution in [0.4, 0.5) is 34.6 Å². The molecular weight excluding hydrogens is 630 g/mol. The van der Waals surface area contributed by atoms with Crippen molar-refractivity contribution in [3.63, 3.8) is 0 Å². The number of fused-ring (bicyclic) bond motifs is 3. The molecule has 2 unspecified atom stereocenters. The number of rotatable bonds is 8. The van der Waals surface area contributed by atoms with Gasteiger partial charge in [0.1, 0.15) is 18.0 Å². The lowest BCUT2D eigenvalue weighted by Crippen LogP contribution is -2.33. The van der Waals surface area contributed by atoms with Crippen molar-refractivity contribution in [2.24, 2.45) is 5.92 Å². The molecule has 1 aliphatic carbocycles. The Morgan fingerprint density at radius 3 is 2.38 bits per heavy atom. The molecule has 2 fully saturated rings. The molecule has 1 aliphatic heterocycles. The number of anilines is 3. The SMILES string of the molecule is CC(C)(C)OC(=O)Cc1cc(F)ccc1NC(=O)c1ccc(N2CC3CCC2C3)c(NC(=O)c2nn(CC(F)(F)F)c3ccccc23)c1. The van der Waals surface area contributed by atoms with E-state index in [-0.39, 0.29) is 45.9 Å². The van der Waals surface area contributed by atoms with E-state index in [1.165, 1.54) is 24.3 Å². The maximum atomic E-state index is 14.2. The maximum absolute atomic E-state index is 14.2. The molecular formula is C35H35F4N5O4. The normalized spacial score (nSPS) is 17.5. The summed E-state index contributed by atoms with van der Waals surface area (Å²) in [6.45, 7) is 4.54.